The van der Waals surface area contributed by atoms with E-state index in [-0.39, 0.29) is 25.7 Å². The molecule has 0 fully saturated rings. The van der Waals surface area contributed by atoms with Gasteiger partial charge in [-0.1, -0.05) is 226 Å². The highest BCUT2D eigenvalue weighted by Gasteiger charge is 2.31. The summed E-state index contributed by atoms with van der Waals surface area (Å²) in [5.41, 5.74) is -1.13. The molecule has 0 aliphatic carbocycles. The van der Waals surface area contributed by atoms with E-state index in [2.05, 4.69) is 33.1 Å². The summed E-state index contributed by atoms with van der Waals surface area (Å²) in [6.07, 6.45) is 51.7. The zero-order valence-electron chi connectivity index (χ0n) is 40.6. The van der Waals surface area contributed by atoms with Crippen molar-refractivity contribution in [3.05, 3.63) is 0 Å². The summed E-state index contributed by atoms with van der Waals surface area (Å²) >= 11 is 1.43. The lowest BCUT2D eigenvalue weighted by Gasteiger charge is -2.35. The van der Waals surface area contributed by atoms with E-state index >= 15 is 0 Å². The molecule has 3 N–H and O–H groups in total. The molecule has 0 rings (SSSR count). The van der Waals surface area contributed by atoms with E-state index in [1.807, 2.05) is 0 Å². The van der Waals surface area contributed by atoms with E-state index < -0.39 is 5.54 Å². The third-order valence-corrected chi connectivity index (χ3v) is 13.7. The predicted molar refractivity (Wildman–Crippen MR) is 261 cm³/mol. The first-order chi connectivity index (χ1) is 28.9. The average Bonchev–Trinajstić information content (AvgIpc) is 3.24. The van der Waals surface area contributed by atoms with Gasteiger partial charge >= 0.3 is 0 Å². The average molecular weight is 857 g/mol. The number of hydrogen-bond donors (Lipinski definition) is 3. The molecule has 0 saturated heterocycles. The fourth-order valence-corrected chi connectivity index (χ4v) is 9.31. The Morgan fingerprint density at radius 2 is 0.746 bits per heavy atom. The molecule has 0 aromatic rings. The molecule has 0 atom stereocenters. The maximum atomic E-state index is 12.7. The number of nitrogens with one attached hydrogen (secondary N) is 1. The van der Waals surface area contributed by atoms with Crippen molar-refractivity contribution in [2.24, 2.45) is 0 Å². The van der Waals surface area contributed by atoms with Gasteiger partial charge in [0.05, 0.1) is 46.5 Å². The molecule has 1 amide bonds. The van der Waals surface area contributed by atoms with Crippen LogP contribution in [0.5, 0.6) is 0 Å². The van der Waals surface area contributed by atoms with E-state index in [9.17, 15) is 15.0 Å². The van der Waals surface area contributed by atoms with E-state index in [4.69, 9.17) is 4.18 Å². The van der Waals surface area contributed by atoms with Crippen molar-refractivity contribution < 1.29 is 23.7 Å². The molecule has 59 heavy (non-hydrogen) atoms. The lowest BCUT2D eigenvalue weighted by Crippen LogP contribution is -2.57. The summed E-state index contributed by atoms with van der Waals surface area (Å²) in [4.78, 5) is 12.7. The van der Waals surface area contributed by atoms with Crippen LogP contribution >= 0.6 is 12.0 Å². The van der Waals surface area contributed by atoms with Crippen molar-refractivity contribution in [3.63, 3.8) is 0 Å². The Labute approximate surface area is 374 Å². The Bertz CT molecular complexity index is 810. The summed E-state index contributed by atoms with van der Waals surface area (Å²) < 4.78 is 7.10. The summed E-state index contributed by atoms with van der Waals surface area (Å²) in [6.45, 7) is 9.99. The van der Waals surface area contributed by atoms with Gasteiger partial charge in [0.2, 0.25) is 5.91 Å². The number of rotatable bonds is 50. The second kappa shape index (κ2) is 45.7. The summed E-state index contributed by atoms with van der Waals surface area (Å²) in [5.74, 6) is 0.773. The fourth-order valence-electron chi connectivity index (χ4n) is 8.64. The number of nitrogens with zero attached hydrogens (tertiary/aromatic N) is 1. The molecule has 0 aliphatic rings. The highest BCUT2D eigenvalue weighted by molar-refractivity contribution is 7.94. The third-order valence-electron chi connectivity index (χ3n) is 13.0. The Kier molecular flexibility index (Phi) is 45.4. The summed E-state index contributed by atoms with van der Waals surface area (Å²) in [7, 11) is 2.49. The van der Waals surface area contributed by atoms with Crippen molar-refractivity contribution in [2.75, 3.05) is 52.3 Å². The molecule has 0 aromatic carbocycles. The number of unbranched alkanes of at least 4 members (excludes halogenated alkanes) is 34. The van der Waals surface area contributed by atoms with Gasteiger partial charge in [0, 0.05) is 18.6 Å². The van der Waals surface area contributed by atoms with Gasteiger partial charge in [0.25, 0.3) is 0 Å². The molecule has 354 valence electrons. The van der Waals surface area contributed by atoms with E-state index in [0.717, 1.165) is 36.0 Å². The van der Waals surface area contributed by atoms with Crippen LogP contribution in [0, 0.1) is 0 Å². The van der Waals surface area contributed by atoms with E-state index in [1.54, 1.807) is 0 Å². The Morgan fingerprint density at radius 3 is 1.07 bits per heavy atom. The number of hydrogen-bond acceptors (Lipinski definition) is 5. The van der Waals surface area contributed by atoms with E-state index in [0.29, 0.717) is 6.42 Å². The van der Waals surface area contributed by atoms with Gasteiger partial charge in [-0.2, -0.15) is 0 Å². The van der Waals surface area contributed by atoms with Crippen LogP contribution in [-0.4, -0.2) is 78.4 Å². The molecule has 0 saturated carbocycles. The number of aliphatic hydroxyl groups is 2. The number of carbonyl (C=O) groups excluding carboxylic acids is 1. The molecule has 0 spiro atoms. The Morgan fingerprint density at radius 1 is 0.458 bits per heavy atom. The van der Waals surface area contributed by atoms with Crippen molar-refractivity contribution in [1.82, 2.24) is 5.32 Å². The van der Waals surface area contributed by atoms with E-state index in [1.165, 1.54) is 250 Å². The van der Waals surface area contributed by atoms with Crippen LogP contribution in [0.25, 0.3) is 0 Å². The van der Waals surface area contributed by atoms with Crippen molar-refractivity contribution >= 4 is 17.9 Å². The molecule has 7 heteroatoms. The Hall–Kier alpha value is -0.340. The van der Waals surface area contributed by atoms with Crippen LogP contribution in [-0.2, 0) is 8.98 Å². The van der Waals surface area contributed by atoms with Gasteiger partial charge in [-0.05, 0) is 44.1 Å². The third kappa shape index (κ3) is 40.2. The maximum Gasteiger partial charge on any atom is 0.220 e. The van der Waals surface area contributed by atoms with Crippen LogP contribution in [0.1, 0.15) is 271 Å². The fraction of sp³-hybridized carbons (Fsp3) is 0.981. The normalized spacial score (nSPS) is 12.2. The Balaban J connectivity index is 4.51. The second-order valence-corrected chi connectivity index (χ2v) is 20.0. The minimum Gasteiger partial charge on any atom is -0.394 e. The second-order valence-electron chi connectivity index (χ2n) is 19.1. The number of carbonyl (C=O) groups is 1. The number of aliphatic hydroxyl groups excluding tert-OH is 2. The first-order valence-electron chi connectivity index (χ1n) is 26.5. The van der Waals surface area contributed by atoms with Crippen LogP contribution in [0.15, 0.2) is 0 Å². The zero-order valence-corrected chi connectivity index (χ0v) is 41.4. The molecule has 0 unspecified atom stereocenters. The first kappa shape index (κ1) is 58.7. The molecule has 0 heterocycles. The summed E-state index contributed by atoms with van der Waals surface area (Å²) in [6, 6.07) is 0. The highest BCUT2D eigenvalue weighted by Crippen LogP contribution is 2.19. The molecule has 0 aliphatic heterocycles. The molecule has 0 bridgehead atoms. The van der Waals surface area contributed by atoms with Crippen molar-refractivity contribution in [2.45, 2.75) is 277 Å². The highest BCUT2D eigenvalue weighted by atomic mass is 32.2. The van der Waals surface area contributed by atoms with Crippen LogP contribution < -0.4 is 5.32 Å². The van der Waals surface area contributed by atoms with Gasteiger partial charge in [-0.15, -0.1) is 0 Å². The smallest absolute Gasteiger partial charge is 0.220 e. The molecule has 0 aromatic heterocycles. The molecule has 0 radical (unpaired) electrons. The monoisotopic (exact) mass is 856 g/mol. The zero-order chi connectivity index (χ0) is 43.2. The number of amides is 1. The van der Waals surface area contributed by atoms with Gasteiger partial charge in [0.1, 0.15) is 5.54 Å². The quantitative estimate of drug-likeness (QED) is 0.0323. The minimum absolute atomic E-state index is 0.107. The standard InChI is InChI=1S/C52H106N2O4S/c1-5-8-11-14-17-20-22-24-26-28-31-34-37-40-44-54(4,45-41-38-35-32-29-27-25-23-21-18-15-12-9-6-2)46-42-47-59-58-50-52(48-55,49-56)53-51(57)43-39-36-33-30-19-16-13-10-7-3/h55-56H,5-50H2,1-4H3/p+1. The largest absolute Gasteiger partial charge is 0.394 e. The summed E-state index contributed by atoms with van der Waals surface area (Å²) in [5, 5.41) is 23.2. The SMILES string of the molecule is CCCCCCCCCCCCCCCC[N+](C)(CCCCCCCCCCCCCCCC)CCCSOCC(CO)(CO)NC(=O)CCCCCCCCCCC. The molecular weight excluding hydrogens is 749 g/mol. The molecular formula is C52H107N2O4S+. The lowest BCUT2D eigenvalue weighted by atomic mass is 10.0. The van der Waals surface area contributed by atoms with Crippen LogP contribution in [0.2, 0.25) is 0 Å². The van der Waals surface area contributed by atoms with Gasteiger partial charge in [-0.25, -0.2) is 0 Å². The predicted octanol–water partition coefficient (Wildman–Crippen LogP) is 15.2. The van der Waals surface area contributed by atoms with Gasteiger partial charge in [0.15, 0.2) is 0 Å². The minimum atomic E-state index is -1.13. The van der Waals surface area contributed by atoms with Crippen LogP contribution in [0.4, 0.5) is 0 Å². The topological polar surface area (TPSA) is 78.8 Å². The van der Waals surface area contributed by atoms with Crippen molar-refractivity contribution in [1.29, 1.82) is 0 Å². The van der Waals surface area contributed by atoms with Gasteiger partial charge in [-0.3, -0.25) is 4.79 Å². The van der Waals surface area contributed by atoms with Crippen LogP contribution in [0.3, 0.4) is 0 Å². The maximum absolute atomic E-state index is 12.7. The molecule has 6 nitrogen and oxygen atoms in total. The first-order valence-corrected chi connectivity index (χ1v) is 27.4. The van der Waals surface area contributed by atoms with Crippen molar-refractivity contribution in [3.8, 4) is 0 Å². The number of quaternary nitrogens is 1. The van der Waals surface area contributed by atoms with Gasteiger partial charge < -0.3 is 24.2 Å². The lowest BCUT2D eigenvalue weighted by molar-refractivity contribution is -0.910.